The molecule has 6 nitrogen and oxygen atoms in total. The molecule has 2 atom stereocenters. The van der Waals surface area contributed by atoms with Gasteiger partial charge in [-0.2, -0.15) is 0 Å². The molecule has 2 rings (SSSR count). The standard InChI is InChI=1S/C15H26N2O4/c1-16-6-4-13(5-7-16)17(8-9-18)14(19)11-2-3-12(10-11)15(20)21/h11-13,18H,2-10H2,1H3,(H,20,21). The number of aliphatic carboxylic acids is 1. The maximum atomic E-state index is 12.7. The summed E-state index contributed by atoms with van der Waals surface area (Å²) in [5.74, 6) is -1.31. The molecule has 0 spiro atoms. The van der Waals surface area contributed by atoms with Crippen LogP contribution in [0.1, 0.15) is 32.1 Å². The van der Waals surface area contributed by atoms with E-state index in [2.05, 4.69) is 11.9 Å². The van der Waals surface area contributed by atoms with Crippen LogP contribution >= 0.6 is 0 Å². The van der Waals surface area contributed by atoms with Crippen LogP contribution in [0, 0.1) is 11.8 Å². The molecule has 1 saturated heterocycles. The molecular formula is C15H26N2O4. The van der Waals surface area contributed by atoms with Crippen molar-refractivity contribution in [3.05, 3.63) is 0 Å². The molecule has 0 aromatic heterocycles. The van der Waals surface area contributed by atoms with E-state index in [-0.39, 0.29) is 30.4 Å². The lowest BCUT2D eigenvalue weighted by Crippen LogP contribution is -2.49. The third-order valence-corrected chi connectivity index (χ3v) is 4.88. The van der Waals surface area contributed by atoms with Crippen molar-refractivity contribution in [3.8, 4) is 0 Å². The summed E-state index contributed by atoms with van der Waals surface area (Å²) in [6, 6.07) is 0.185. The normalized spacial score (nSPS) is 27.7. The van der Waals surface area contributed by atoms with Crippen molar-refractivity contribution in [1.29, 1.82) is 0 Å². The Labute approximate surface area is 125 Å². The van der Waals surface area contributed by atoms with E-state index in [1.165, 1.54) is 0 Å². The monoisotopic (exact) mass is 298 g/mol. The summed E-state index contributed by atoms with van der Waals surface area (Å²) in [5, 5.41) is 18.3. The zero-order valence-electron chi connectivity index (χ0n) is 12.7. The van der Waals surface area contributed by atoms with E-state index in [1.807, 2.05) is 4.90 Å². The molecule has 0 aromatic carbocycles. The number of hydrogen-bond acceptors (Lipinski definition) is 4. The SMILES string of the molecule is CN1CCC(N(CCO)C(=O)C2CCC(C(=O)O)C2)CC1. The van der Waals surface area contributed by atoms with Crippen LogP contribution in [0.15, 0.2) is 0 Å². The Morgan fingerprint density at radius 3 is 2.29 bits per heavy atom. The Balaban J connectivity index is 1.97. The highest BCUT2D eigenvalue weighted by molar-refractivity contribution is 5.81. The van der Waals surface area contributed by atoms with E-state index in [0.717, 1.165) is 25.9 Å². The quantitative estimate of drug-likeness (QED) is 0.768. The van der Waals surface area contributed by atoms with Crippen molar-refractivity contribution in [2.24, 2.45) is 11.8 Å². The van der Waals surface area contributed by atoms with Gasteiger partial charge in [0.25, 0.3) is 0 Å². The summed E-state index contributed by atoms with van der Waals surface area (Å²) < 4.78 is 0. The van der Waals surface area contributed by atoms with Crippen molar-refractivity contribution in [3.63, 3.8) is 0 Å². The van der Waals surface area contributed by atoms with Gasteiger partial charge in [0.15, 0.2) is 0 Å². The minimum absolute atomic E-state index is 0.0346. The third kappa shape index (κ3) is 3.95. The van der Waals surface area contributed by atoms with E-state index >= 15 is 0 Å². The maximum absolute atomic E-state index is 12.7. The van der Waals surface area contributed by atoms with E-state index in [9.17, 15) is 14.7 Å². The van der Waals surface area contributed by atoms with Gasteiger partial charge in [0, 0.05) is 18.5 Å². The van der Waals surface area contributed by atoms with Gasteiger partial charge in [-0.25, -0.2) is 0 Å². The van der Waals surface area contributed by atoms with Crippen LogP contribution in [-0.4, -0.2) is 71.2 Å². The van der Waals surface area contributed by atoms with Gasteiger partial charge in [-0.05, 0) is 52.2 Å². The Morgan fingerprint density at radius 2 is 1.76 bits per heavy atom. The van der Waals surface area contributed by atoms with E-state index in [0.29, 0.717) is 25.8 Å². The summed E-state index contributed by atoms with van der Waals surface area (Å²) in [5.41, 5.74) is 0. The average molecular weight is 298 g/mol. The topological polar surface area (TPSA) is 81.1 Å². The highest BCUT2D eigenvalue weighted by atomic mass is 16.4. The number of amides is 1. The van der Waals surface area contributed by atoms with E-state index in [1.54, 1.807) is 0 Å². The lowest BCUT2D eigenvalue weighted by Gasteiger charge is -2.38. The van der Waals surface area contributed by atoms with Gasteiger partial charge in [-0.15, -0.1) is 0 Å². The molecule has 6 heteroatoms. The number of carboxylic acids is 1. The van der Waals surface area contributed by atoms with Crippen molar-refractivity contribution in [2.45, 2.75) is 38.1 Å². The summed E-state index contributed by atoms with van der Waals surface area (Å²) >= 11 is 0. The molecule has 2 fully saturated rings. The van der Waals surface area contributed by atoms with Crippen LogP contribution < -0.4 is 0 Å². The number of rotatable bonds is 5. The van der Waals surface area contributed by atoms with E-state index < -0.39 is 5.97 Å². The van der Waals surface area contributed by atoms with Crippen molar-refractivity contribution >= 4 is 11.9 Å². The summed E-state index contributed by atoms with van der Waals surface area (Å²) in [6.45, 7) is 2.25. The zero-order chi connectivity index (χ0) is 15.4. The largest absolute Gasteiger partial charge is 0.481 e. The van der Waals surface area contributed by atoms with Gasteiger partial charge < -0.3 is 20.0 Å². The van der Waals surface area contributed by atoms with Gasteiger partial charge >= 0.3 is 5.97 Å². The van der Waals surface area contributed by atoms with Crippen LogP contribution in [0.3, 0.4) is 0 Å². The fourth-order valence-corrected chi connectivity index (χ4v) is 3.55. The summed E-state index contributed by atoms with van der Waals surface area (Å²) in [7, 11) is 2.07. The molecule has 0 aromatic rings. The number of likely N-dealkylation sites (tertiary alicyclic amines) is 1. The zero-order valence-corrected chi connectivity index (χ0v) is 12.7. The molecule has 1 saturated carbocycles. The third-order valence-electron chi connectivity index (χ3n) is 4.88. The molecule has 2 aliphatic rings. The molecule has 0 bridgehead atoms. The maximum Gasteiger partial charge on any atom is 0.306 e. The minimum Gasteiger partial charge on any atom is -0.481 e. The lowest BCUT2D eigenvalue weighted by atomic mass is 9.99. The molecule has 0 radical (unpaired) electrons. The van der Waals surface area contributed by atoms with Crippen LogP contribution in [0.5, 0.6) is 0 Å². The molecule has 2 N–H and O–H groups in total. The lowest BCUT2D eigenvalue weighted by molar-refractivity contribution is -0.142. The molecule has 120 valence electrons. The first kappa shape index (κ1) is 16.2. The fraction of sp³-hybridized carbons (Fsp3) is 0.867. The molecule has 1 aliphatic heterocycles. The van der Waals surface area contributed by atoms with Gasteiger partial charge in [0.1, 0.15) is 0 Å². The predicted octanol–water partition coefficient (Wildman–Crippen LogP) is 0.402. The second kappa shape index (κ2) is 7.22. The number of aliphatic hydroxyl groups is 1. The number of nitrogens with zero attached hydrogens (tertiary/aromatic N) is 2. The first-order chi connectivity index (χ1) is 10.0. The Bertz CT molecular complexity index is 380. The highest BCUT2D eigenvalue weighted by Crippen LogP contribution is 2.33. The van der Waals surface area contributed by atoms with Crippen molar-refractivity contribution in [1.82, 2.24) is 9.80 Å². The molecule has 1 heterocycles. The summed E-state index contributed by atoms with van der Waals surface area (Å²) in [4.78, 5) is 27.8. The smallest absolute Gasteiger partial charge is 0.306 e. The van der Waals surface area contributed by atoms with Gasteiger partial charge in [-0.3, -0.25) is 9.59 Å². The van der Waals surface area contributed by atoms with Gasteiger partial charge in [0.05, 0.1) is 12.5 Å². The number of piperidine rings is 1. The van der Waals surface area contributed by atoms with Crippen molar-refractivity contribution < 1.29 is 19.8 Å². The van der Waals surface area contributed by atoms with Crippen LogP contribution in [0.4, 0.5) is 0 Å². The Kier molecular flexibility index (Phi) is 5.58. The molecular weight excluding hydrogens is 272 g/mol. The Morgan fingerprint density at radius 1 is 1.14 bits per heavy atom. The van der Waals surface area contributed by atoms with Crippen LogP contribution in [-0.2, 0) is 9.59 Å². The van der Waals surface area contributed by atoms with Crippen molar-refractivity contribution in [2.75, 3.05) is 33.3 Å². The minimum atomic E-state index is -0.793. The number of hydrogen-bond donors (Lipinski definition) is 2. The molecule has 2 unspecified atom stereocenters. The highest BCUT2D eigenvalue weighted by Gasteiger charge is 2.37. The number of carboxylic acid groups (broad SMARTS) is 1. The van der Waals surface area contributed by atoms with Gasteiger partial charge in [0.2, 0.25) is 5.91 Å². The number of aliphatic hydroxyl groups excluding tert-OH is 1. The van der Waals surface area contributed by atoms with Crippen LogP contribution in [0.2, 0.25) is 0 Å². The number of carbonyl (C=O) groups is 2. The average Bonchev–Trinajstić information content (AvgIpc) is 2.95. The molecule has 1 aliphatic carbocycles. The summed E-state index contributed by atoms with van der Waals surface area (Å²) in [6.07, 6.45) is 3.55. The molecule has 1 amide bonds. The fourth-order valence-electron chi connectivity index (χ4n) is 3.55. The number of carbonyl (C=O) groups excluding carboxylic acids is 1. The molecule has 21 heavy (non-hydrogen) atoms. The first-order valence-electron chi connectivity index (χ1n) is 7.85. The Hall–Kier alpha value is -1.14. The first-order valence-corrected chi connectivity index (χ1v) is 7.85. The second-order valence-corrected chi connectivity index (χ2v) is 6.33. The predicted molar refractivity (Wildman–Crippen MR) is 77.8 cm³/mol. The van der Waals surface area contributed by atoms with Crippen LogP contribution in [0.25, 0.3) is 0 Å². The second-order valence-electron chi connectivity index (χ2n) is 6.33. The van der Waals surface area contributed by atoms with Gasteiger partial charge in [-0.1, -0.05) is 0 Å². The van der Waals surface area contributed by atoms with E-state index in [4.69, 9.17) is 5.11 Å².